The molecule has 0 saturated heterocycles. The zero-order valence-electron chi connectivity index (χ0n) is 17.7. The molecule has 2 heterocycles. The topological polar surface area (TPSA) is 57.2 Å². The molecule has 0 amide bonds. The summed E-state index contributed by atoms with van der Waals surface area (Å²) in [6.45, 7) is 7.17. The van der Waals surface area contributed by atoms with Crippen LogP contribution in [0.3, 0.4) is 0 Å². The maximum atomic E-state index is 13.2. The Hall–Kier alpha value is -2.83. The fourth-order valence-electron chi connectivity index (χ4n) is 3.88. The van der Waals surface area contributed by atoms with Crippen LogP contribution in [-0.2, 0) is 11.3 Å². The van der Waals surface area contributed by atoms with Crippen molar-refractivity contribution < 1.29 is 23.7 Å². The lowest BCUT2D eigenvalue weighted by Crippen LogP contribution is -2.33. The maximum absolute atomic E-state index is 13.2. The normalized spacial score (nSPS) is 16.8. The van der Waals surface area contributed by atoms with E-state index < -0.39 is 0 Å². The lowest BCUT2D eigenvalue weighted by Gasteiger charge is -2.30. The van der Waals surface area contributed by atoms with E-state index in [-0.39, 0.29) is 5.78 Å². The molecule has 0 radical (unpaired) electrons. The van der Waals surface area contributed by atoms with Gasteiger partial charge >= 0.3 is 0 Å². The summed E-state index contributed by atoms with van der Waals surface area (Å²) >= 11 is 0. The highest BCUT2D eigenvalue weighted by Gasteiger charge is 2.35. The number of fused-ring (bicyclic) bond motifs is 3. The number of aryl methyl sites for hydroxylation is 1. The van der Waals surface area contributed by atoms with Crippen molar-refractivity contribution in [2.24, 2.45) is 0 Å². The molecule has 4 rings (SSSR count). The smallest absolute Gasteiger partial charge is 0.232 e. The van der Waals surface area contributed by atoms with Crippen molar-refractivity contribution in [3.05, 3.63) is 58.3 Å². The van der Waals surface area contributed by atoms with Crippen molar-refractivity contribution in [1.29, 1.82) is 0 Å². The number of hydrogen-bond acceptors (Lipinski definition) is 6. The molecule has 0 unspecified atom stereocenters. The highest BCUT2D eigenvalue weighted by Crippen LogP contribution is 2.44. The summed E-state index contributed by atoms with van der Waals surface area (Å²) in [5.74, 6) is 2.34. The van der Waals surface area contributed by atoms with Crippen molar-refractivity contribution in [2.45, 2.75) is 26.8 Å². The predicted octanol–water partition coefficient (Wildman–Crippen LogP) is 4.20. The maximum Gasteiger partial charge on any atom is 0.232 e. The molecule has 2 aromatic rings. The number of nitrogens with zero attached hydrogens (tertiary/aromatic N) is 1. The molecule has 0 fully saturated rings. The number of para-hydroxylation sites is 1. The molecule has 0 atom stereocenters. The summed E-state index contributed by atoms with van der Waals surface area (Å²) in [6, 6.07) is 9.58. The van der Waals surface area contributed by atoms with Gasteiger partial charge in [0.2, 0.25) is 5.78 Å². The molecular formula is C24H27NO5. The predicted molar refractivity (Wildman–Crippen MR) is 114 cm³/mol. The molecule has 0 aliphatic carbocycles. The monoisotopic (exact) mass is 409 g/mol. The average Bonchev–Trinajstić information content (AvgIpc) is 3.07. The first kappa shape index (κ1) is 20.4. The van der Waals surface area contributed by atoms with E-state index >= 15 is 0 Å². The van der Waals surface area contributed by atoms with Gasteiger partial charge in [-0.05, 0) is 44.0 Å². The van der Waals surface area contributed by atoms with Crippen LogP contribution >= 0.6 is 0 Å². The Morgan fingerprint density at radius 3 is 2.90 bits per heavy atom. The third-order valence-corrected chi connectivity index (χ3v) is 5.32. The van der Waals surface area contributed by atoms with E-state index in [1.807, 2.05) is 44.2 Å². The van der Waals surface area contributed by atoms with Gasteiger partial charge in [0.1, 0.15) is 24.0 Å². The van der Waals surface area contributed by atoms with Gasteiger partial charge in [0.15, 0.2) is 5.76 Å². The lowest BCUT2D eigenvalue weighted by atomic mass is 9.98. The quantitative estimate of drug-likeness (QED) is 0.505. The Morgan fingerprint density at radius 1 is 1.27 bits per heavy atom. The number of Topliss-reactive ketones (excluding diaryl/α,β-unsaturated/α-hetero) is 1. The molecule has 2 aromatic carbocycles. The van der Waals surface area contributed by atoms with Crippen LogP contribution in [0.2, 0.25) is 0 Å². The second-order valence-electron chi connectivity index (χ2n) is 7.46. The van der Waals surface area contributed by atoms with E-state index in [9.17, 15) is 4.79 Å². The van der Waals surface area contributed by atoms with Crippen LogP contribution in [-0.4, -0.2) is 44.3 Å². The lowest BCUT2D eigenvalue weighted by molar-refractivity contribution is 0.0822. The average molecular weight is 409 g/mol. The summed E-state index contributed by atoms with van der Waals surface area (Å²) in [4.78, 5) is 15.4. The Labute approximate surface area is 177 Å². The molecule has 0 saturated carbocycles. The fourth-order valence-corrected chi connectivity index (χ4v) is 3.88. The summed E-state index contributed by atoms with van der Waals surface area (Å²) in [5.41, 5.74) is 3.23. The van der Waals surface area contributed by atoms with E-state index in [1.54, 1.807) is 13.2 Å². The van der Waals surface area contributed by atoms with Crippen molar-refractivity contribution in [3.8, 4) is 17.2 Å². The summed E-state index contributed by atoms with van der Waals surface area (Å²) in [5, 5.41) is 0. The molecule has 0 spiro atoms. The molecule has 0 N–H and O–H groups in total. The highest BCUT2D eigenvalue weighted by molar-refractivity contribution is 6.16. The summed E-state index contributed by atoms with van der Waals surface area (Å²) in [7, 11) is 1.70. The second-order valence-corrected chi connectivity index (χ2v) is 7.46. The van der Waals surface area contributed by atoms with Crippen LogP contribution < -0.4 is 14.2 Å². The van der Waals surface area contributed by atoms with Gasteiger partial charge in [0.05, 0.1) is 17.7 Å². The van der Waals surface area contributed by atoms with Crippen molar-refractivity contribution >= 4 is 11.9 Å². The summed E-state index contributed by atoms with van der Waals surface area (Å²) in [6.07, 6.45) is 2.68. The second kappa shape index (κ2) is 8.90. The van der Waals surface area contributed by atoms with Gasteiger partial charge in [-0.25, -0.2) is 0 Å². The largest absolute Gasteiger partial charge is 0.493 e. The minimum Gasteiger partial charge on any atom is -0.493 e. The molecule has 2 aliphatic rings. The standard InChI is InChI=1S/C24H27NO5/c1-4-28-19-9-6-5-8-17(19)13-21-23(26)22-16(2)12-20-18(24(22)30-21)14-25(15-29-20)10-7-11-27-3/h5-6,8-9,12-13H,4,7,10-11,14-15H2,1-3H3/b21-13-. The van der Waals surface area contributed by atoms with Crippen LogP contribution in [0, 0.1) is 6.92 Å². The van der Waals surface area contributed by atoms with Gasteiger partial charge in [-0.1, -0.05) is 18.2 Å². The molecule has 0 bridgehead atoms. The third-order valence-electron chi connectivity index (χ3n) is 5.32. The van der Waals surface area contributed by atoms with Crippen molar-refractivity contribution in [1.82, 2.24) is 4.90 Å². The van der Waals surface area contributed by atoms with Crippen LogP contribution in [0.1, 0.15) is 40.4 Å². The first-order valence-corrected chi connectivity index (χ1v) is 10.3. The minimum absolute atomic E-state index is 0.104. The molecule has 6 heteroatoms. The Balaban J connectivity index is 1.65. The summed E-state index contributed by atoms with van der Waals surface area (Å²) < 4.78 is 22.9. The van der Waals surface area contributed by atoms with Crippen LogP contribution in [0.25, 0.3) is 6.08 Å². The van der Waals surface area contributed by atoms with Gasteiger partial charge in [0.25, 0.3) is 0 Å². The van der Waals surface area contributed by atoms with E-state index in [2.05, 4.69) is 4.90 Å². The first-order chi connectivity index (χ1) is 14.6. The Bertz CT molecular complexity index is 982. The number of rotatable bonds is 7. The highest BCUT2D eigenvalue weighted by atomic mass is 16.5. The number of allylic oxidation sites excluding steroid dienone is 1. The van der Waals surface area contributed by atoms with Crippen LogP contribution in [0.5, 0.6) is 17.2 Å². The first-order valence-electron chi connectivity index (χ1n) is 10.3. The SMILES string of the molecule is CCOc1ccccc1/C=C1\Oc2c3c(cc(C)c2C1=O)OCN(CCCOC)C3. The molecule has 158 valence electrons. The number of ether oxygens (including phenoxy) is 4. The van der Waals surface area contributed by atoms with E-state index in [4.69, 9.17) is 18.9 Å². The fraction of sp³-hybridized carbons (Fsp3) is 0.375. The molecule has 0 aromatic heterocycles. The number of methoxy groups -OCH3 is 1. The molecule has 6 nitrogen and oxygen atoms in total. The molecular weight excluding hydrogens is 382 g/mol. The van der Waals surface area contributed by atoms with E-state index in [1.165, 1.54) is 0 Å². The Kier molecular flexibility index (Phi) is 6.06. The number of carbonyl (C=O) groups excluding carboxylic acids is 1. The minimum atomic E-state index is -0.104. The molecule has 2 aliphatic heterocycles. The Morgan fingerprint density at radius 2 is 2.10 bits per heavy atom. The third kappa shape index (κ3) is 3.93. The van der Waals surface area contributed by atoms with Crippen LogP contribution in [0.4, 0.5) is 0 Å². The van der Waals surface area contributed by atoms with Gasteiger partial charge in [0, 0.05) is 32.4 Å². The van der Waals surface area contributed by atoms with Crippen molar-refractivity contribution in [3.63, 3.8) is 0 Å². The van der Waals surface area contributed by atoms with E-state index in [0.717, 1.165) is 41.2 Å². The zero-order valence-corrected chi connectivity index (χ0v) is 17.7. The van der Waals surface area contributed by atoms with Crippen molar-refractivity contribution in [2.75, 3.05) is 33.6 Å². The van der Waals surface area contributed by atoms with Gasteiger partial charge < -0.3 is 18.9 Å². The van der Waals surface area contributed by atoms with Gasteiger partial charge in [-0.15, -0.1) is 0 Å². The van der Waals surface area contributed by atoms with Crippen LogP contribution in [0.15, 0.2) is 36.1 Å². The van der Waals surface area contributed by atoms with Gasteiger partial charge in [-0.2, -0.15) is 0 Å². The van der Waals surface area contributed by atoms with Gasteiger partial charge in [-0.3, -0.25) is 9.69 Å². The zero-order chi connectivity index (χ0) is 21.1. The van der Waals surface area contributed by atoms with E-state index in [0.29, 0.717) is 43.6 Å². The molecule has 30 heavy (non-hydrogen) atoms. The number of hydrogen-bond donors (Lipinski definition) is 0. The number of benzene rings is 2. The number of ketones is 1. The number of carbonyl (C=O) groups is 1.